The molecule has 9 aromatic rings. The summed E-state index contributed by atoms with van der Waals surface area (Å²) in [5, 5.41) is 54.0. The number of unbranched alkanes of at least 4 members (excludes halogenated alkanes) is 3. The van der Waals surface area contributed by atoms with Crippen LogP contribution in [0.15, 0.2) is 158 Å². The summed E-state index contributed by atoms with van der Waals surface area (Å²) >= 11 is 0. The highest BCUT2D eigenvalue weighted by Gasteiger charge is 2.23. The average molecular weight is 761 g/mol. The first-order valence-electron chi connectivity index (χ1n) is 20.4. The highest BCUT2D eigenvalue weighted by Crippen LogP contribution is 2.37. The molecule has 0 aliphatic carbocycles. The van der Waals surface area contributed by atoms with Crippen molar-refractivity contribution in [3.8, 4) is 0 Å². The van der Waals surface area contributed by atoms with Gasteiger partial charge < -0.3 is 29.9 Å². The molecule has 0 heterocycles. The van der Waals surface area contributed by atoms with Crippen LogP contribution in [0.4, 0.5) is 11.4 Å². The first kappa shape index (κ1) is 37.7. The summed E-state index contributed by atoms with van der Waals surface area (Å²) < 4.78 is 0. The van der Waals surface area contributed by atoms with Crippen molar-refractivity contribution in [2.24, 2.45) is 0 Å². The summed E-state index contributed by atoms with van der Waals surface area (Å²) in [5.41, 5.74) is 5.06. The van der Waals surface area contributed by atoms with Gasteiger partial charge in [-0.25, -0.2) is 0 Å². The Labute approximate surface area is 339 Å². The molecule has 0 saturated carbocycles. The van der Waals surface area contributed by atoms with E-state index < -0.39 is 14.2 Å². The first-order valence-corrected chi connectivity index (χ1v) is 20.4. The van der Waals surface area contributed by atoms with Crippen molar-refractivity contribution >= 4 is 90.4 Å². The summed E-state index contributed by atoms with van der Waals surface area (Å²) in [7, 11) is -3.15. The predicted molar refractivity (Wildman–Crippen MR) is 245 cm³/mol. The van der Waals surface area contributed by atoms with Crippen LogP contribution in [0.2, 0.25) is 0 Å². The zero-order chi connectivity index (χ0) is 39.6. The van der Waals surface area contributed by atoms with Gasteiger partial charge in [0.1, 0.15) is 0 Å². The van der Waals surface area contributed by atoms with Gasteiger partial charge in [-0.05, 0) is 96.0 Å². The molecule has 0 radical (unpaired) electrons. The molecule has 58 heavy (non-hydrogen) atoms. The monoisotopic (exact) mass is 760 g/mol. The van der Waals surface area contributed by atoms with Crippen molar-refractivity contribution in [2.75, 3.05) is 22.9 Å². The van der Waals surface area contributed by atoms with Crippen LogP contribution in [-0.4, -0.2) is 47.4 Å². The van der Waals surface area contributed by atoms with Gasteiger partial charge in [-0.2, -0.15) is 0 Å². The van der Waals surface area contributed by atoms with Crippen molar-refractivity contribution in [3.05, 3.63) is 169 Å². The van der Waals surface area contributed by atoms with E-state index in [0.29, 0.717) is 24.0 Å². The molecule has 0 amide bonds. The molecule has 0 saturated heterocycles. The minimum Gasteiger partial charge on any atom is -0.423 e. The van der Waals surface area contributed by atoms with Crippen LogP contribution in [0.3, 0.4) is 0 Å². The summed E-state index contributed by atoms with van der Waals surface area (Å²) in [4.78, 5) is 4.60. The Morgan fingerprint density at radius 2 is 0.845 bits per heavy atom. The fourth-order valence-corrected chi connectivity index (χ4v) is 9.12. The molecule has 9 aromatic carbocycles. The Morgan fingerprint density at radius 3 is 1.48 bits per heavy atom. The van der Waals surface area contributed by atoms with Gasteiger partial charge in [0, 0.05) is 48.5 Å². The van der Waals surface area contributed by atoms with E-state index in [0.717, 1.165) is 50.1 Å². The predicted octanol–water partition coefficient (Wildman–Crippen LogP) is 8.52. The number of rotatable bonds is 15. The van der Waals surface area contributed by atoms with Gasteiger partial charge in [0.2, 0.25) is 0 Å². The molecule has 0 spiro atoms. The second kappa shape index (κ2) is 16.5. The van der Waals surface area contributed by atoms with E-state index in [9.17, 15) is 20.1 Å². The van der Waals surface area contributed by atoms with Crippen molar-refractivity contribution in [1.29, 1.82) is 0 Å². The molecule has 8 heteroatoms. The molecule has 0 fully saturated rings. The molecule has 286 valence electrons. The van der Waals surface area contributed by atoms with Gasteiger partial charge in [-0.15, -0.1) is 0 Å². The maximum Gasteiger partial charge on any atom is 0.490 e. The molecule has 0 bridgehead atoms. The molecule has 0 aliphatic rings. The lowest BCUT2D eigenvalue weighted by atomic mass is 9.78. The van der Waals surface area contributed by atoms with Gasteiger partial charge in [0.25, 0.3) is 0 Å². The molecular formula is C50H46B2N2O4. The highest BCUT2D eigenvalue weighted by molar-refractivity contribution is 6.61. The van der Waals surface area contributed by atoms with Crippen molar-refractivity contribution in [2.45, 2.75) is 38.8 Å². The van der Waals surface area contributed by atoms with Gasteiger partial charge in [0.05, 0.1) is 0 Å². The largest absolute Gasteiger partial charge is 0.490 e. The number of anilines is 2. The maximum atomic E-state index is 10.4. The van der Waals surface area contributed by atoms with Crippen LogP contribution >= 0.6 is 0 Å². The lowest BCUT2D eigenvalue weighted by molar-refractivity contribution is 0.424. The summed E-state index contributed by atoms with van der Waals surface area (Å²) in [6, 6.07) is 54.3. The fraction of sp³-hybridized carbons (Fsp3) is 0.160. The third kappa shape index (κ3) is 7.36. The Balaban J connectivity index is 0.950. The zero-order valence-electron chi connectivity index (χ0n) is 32.5. The Hall–Kier alpha value is -5.89. The van der Waals surface area contributed by atoms with E-state index in [1.165, 1.54) is 65.0 Å². The quantitative estimate of drug-likeness (QED) is 0.0477. The normalized spacial score (nSPS) is 11.7. The van der Waals surface area contributed by atoms with E-state index in [1.54, 1.807) is 12.1 Å². The Kier molecular flexibility index (Phi) is 10.7. The second-order valence-electron chi connectivity index (χ2n) is 15.5. The van der Waals surface area contributed by atoms with E-state index in [1.807, 2.05) is 36.4 Å². The lowest BCUT2D eigenvalue weighted by Crippen LogP contribution is -2.37. The summed E-state index contributed by atoms with van der Waals surface area (Å²) in [6.45, 7) is 2.75. The SMILES string of the molecule is OB(O)c1ccccc1N(CCCCCCN(Cc1ccc2ccc3cccc4ccc1c2c34)c1ccccc1B(O)O)Cc1cc2ccccc2c2ccccc12. The molecule has 0 unspecified atom stereocenters. The van der Waals surface area contributed by atoms with Crippen LogP contribution < -0.4 is 20.7 Å². The zero-order valence-corrected chi connectivity index (χ0v) is 32.5. The van der Waals surface area contributed by atoms with Crippen molar-refractivity contribution in [1.82, 2.24) is 0 Å². The molecule has 4 N–H and O–H groups in total. The summed E-state index contributed by atoms with van der Waals surface area (Å²) in [5.74, 6) is 0. The van der Waals surface area contributed by atoms with E-state index in [2.05, 4.69) is 119 Å². The number of hydrogen-bond acceptors (Lipinski definition) is 6. The van der Waals surface area contributed by atoms with Crippen LogP contribution in [0.1, 0.15) is 36.8 Å². The number of benzene rings is 9. The summed E-state index contributed by atoms with van der Waals surface area (Å²) in [6.07, 6.45) is 3.80. The van der Waals surface area contributed by atoms with E-state index in [-0.39, 0.29) is 0 Å². The maximum absolute atomic E-state index is 10.4. The van der Waals surface area contributed by atoms with Gasteiger partial charge in [-0.3, -0.25) is 0 Å². The Bertz CT molecular complexity index is 2850. The van der Waals surface area contributed by atoms with Crippen molar-refractivity contribution in [3.63, 3.8) is 0 Å². The molecule has 9 rings (SSSR count). The minimum absolute atomic E-state index is 0.500. The second-order valence-corrected chi connectivity index (χ2v) is 15.5. The number of hydrogen-bond donors (Lipinski definition) is 4. The average Bonchev–Trinajstić information content (AvgIpc) is 3.26. The third-order valence-corrected chi connectivity index (χ3v) is 11.9. The van der Waals surface area contributed by atoms with E-state index in [4.69, 9.17) is 0 Å². The van der Waals surface area contributed by atoms with Crippen LogP contribution in [-0.2, 0) is 13.1 Å². The van der Waals surface area contributed by atoms with Gasteiger partial charge in [0.15, 0.2) is 0 Å². The highest BCUT2D eigenvalue weighted by atomic mass is 16.4. The smallest absolute Gasteiger partial charge is 0.423 e. The molecule has 0 aliphatic heterocycles. The number of para-hydroxylation sites is 2. The Morgan fingerprint density at radius 1 is 0.362 bits per heavy atom. The van der Waals surface area contributed by atoms with Crippen LogP contribution in [0.5, 0.6) is 0 Å². The van der Waals surface area contributed by atoms with Gasteiger partial charge in [-0.1, -0.05) is 152 Å². The first-order chi connectivity index (χ1) is 28.4. The van der Waals surface area contributed by atoms with Gasteiger partial charge >= 0.3 is 14.2 Å². The molecular weight excluding hydrogens is 714 g/mol. The standard InChI is InChI=1S/C50H46B2N2O4/c55-51(56)45-20-7-9-22-47(45)53(33-39-27-26-37-25-24-35-15-13-16-36-28-29-43(39)50(37)49(35)36)30-11-1-2-12-31-54(48-23-10-8-21-46(48)52(57)58)34-40-32-38-14-3-4-17-41(38)44-19-6-5-18-42(40)44/h3-10,13-29,32,55-58H,1-2,11-12,30-31,33-34H2. The van der Waals surface area contributed by atoms with Crippen LogP contribution in [0.25, 0.3) is 53.9 Å². The minimum atomic E-state index is -1.58. The lowest BCUT2D eigenvalue weighted by Gasteiger charge is -2.29. The van der Waals surface area contributed by atoms with Crippen molar-refractivity contribution < 1.29 is 20.1 Å². The third-order valence-electron chi connectivity index (χ3n) is 11.9. The van der Waals surface area contributed by atoms with Crippen LogP contribution in [0, 0.1) is 0 Å². The number of nitrogens with zero attached hydrogens (tertiary/aromatic N) is 2. The molecule has 6 nitrogen and oxygen atoms in total. The number of fused-ring (bicyclic) bond motifs is 3. The fourth-order valence-electron chi connectivity index (χ4n) is 9.12. The molecule has 0 aromatic heterocycles. The topological polar surface area (TPSA) is 87.4 Å². The van der Waals surface area contributed by atoms with E-state index >= 15 is 0 Å². The molecule has 0 atom stereocenters.